The van der Waals surface area contributed by atoms with Crippen molar-refractivity contribution >= 4 is 17.9 Å². The Hall–Kier alpha value is -2.05. The molecule has 0 aromatic heterocycles. The van der Waals surface area contributed by atoms with Crippen LogP contribution in [0, 0.1) is 0 Å². The summed E-state index contributed by atoms with van der Waals surface area (Å²) in [5.41, 5.74) is 0. The molecule has 0 spiro atoms. The van der Waals surface area contributed by atoms with E-state index in [9.17, 15) is 14.4 Å². The van der Waals surface area contributed by atoms with E-state index >= 15 is 0 Å². The number of carboxylic acids is 1. The zero-order valence-corrected chi connectivity index (χ0v) is 10.7. The minimum atomic E-state index is -1.09. The highest BCUT2D eigenvalue weighted by molar-refractivity contribution is 5.81. The Morgan fingerprint density at radius 3 is 2.58 bits per heavy atom. The lowest BCUT2D eigenvalue weighted by Crippen LogP contribution is -2.43. The fraction of sp³-hybridized carbons (Fsp3) is 0.583. The molecule has 3 amide bonds. The van der Waals surface area contributed by atoms with Crippen molar-refractivity contribution in [3.8, 4) is 0 Å². The van der Waals surface area contributed by atoms with E-state index in [0.717, 1.165) is 17.7 Å². The van der Waals surface area contributed by atoms with Crippen LogP contribution >= 0.6 is 0 Å². The lowest BCUT2D eigenvalue weighted by atomic mass is 10.4. The number of urea groups is 1. The number of aliphatic carboxylic acids is 1. The monoisotopic (exact) mass is 269 g/mol. The third-order valence-corrected chi connectivity index (χ3v) is 2.53. The second-order valence-corrected chi connectivity index (χ2v) is 4.39. The highest BCUT2D eigenvalue weighted by Gasteiger charge is 2.23. The molecule has 0 aliphatic heterocycles. The van der Waals surface area contributed by atoms with Crippen LogP contribution in [0.4, 0.5) is 4.79 Å². The van der Waals surface area contributed by atoms with Gasteiger partial charge in [-0.05, 0) is 12.8 Å². The summed E-state index contributed by atoms with van der Waals surface area (Å²) >= 11 is 0. The first-order valence-corrected chi connectivity index (χ1v) is 6.17. The van der Waals surface area contributed by atoms with Crippen molar-refractivity contribution in [3.05, 3.63) is 12.7 Å². The van der Waals surface area contributed by atoms with Gasteiger partial charge in [0.25, 0.3) is 0 Å². The Morgan fingerprint density at radius 2 is 2.05 bits per heavy atom. The van der Waals surface area contributed by atoms with E-state index in [2.05, 4.69) is 17.2 Å². The van der Waals surface area contributed by atoms with E-state index < -0.39 is 18.5 Å². The minimum Gasteiger partial charge on any atom is -0.480 e. The van der Waals surface area contributed by atoms with Gasteiger partial charge in [0.05, 0.1) is 0 Å². The van der Waals surface area contributed by atoms with E-state index in [0.29, 0.717) is 6.04 Å². The number of hydrogen-bond acceptors (Lipinski definition) is 3. The van der Waals surface area contributed by atoms with E-state index in [4.69, 9.17) is 5.11 Å². The number of nitrogens with one attached hydrogen (secondary N) is 2. The van der Waals surface area contributed by atoms with Crippen LogP contribution in [-0.2, 0) is 9.59 Å². The minimum absolute atomic E-state index is 0.101. The largest absolute Gasteiger partial charge is 0.480 e. The van der Waals surface area contributed by atoms with Crippen molar-refractivity contribution in [1.29, 1.82) is 0 Å². The van der Waals surface area contributed by atoms with Gasteiger partial charge < -0.3 is 20.6 Å². The van der Waals surface area contributed by atoms with Gasteiger partial charge in [-0.3, -0.25) is 9.59 Å². The molecular weight excluding hydrogens is 250 g/mol. The summed E-state index contributed by atoms with van der Waals surface area (Å²) < 4.78 is 0. The molecule has 0 unspecified atom stereocenters. The number of amides is 3. The van der Waals surface area contributed by atoms with Gasteiger partial charge in [-0.25, -0.2) is 4.79 Å². The summed E-state index contributed by atoms with van der Waals surface area (Å²) in [5, 5.41) is 14.0. The SMILES string of the molecule is C=CCN(CC(=O)O)C(=O)NCCC(=O)NC1CC1. The highest BCUT2D eigenvalue weighted by Crippen LogP contribution is 2.18. The predicted octanol–water partition coefficient (Wildman–Crippen LogP) is -0.0627. The van der Waals surface area contributed by atoms with Gasteiger partial charge in [0.1, 0.15) is 6.54 Å². The molecule has 1 aliphatic carbocycles. The molecule has 0 aromatic rings. The van der Waals surface area contributed by atoms with Crippen LogP contribution in [0.5, 0.6) is 0 Å². The third kappa shape index (κ3) is 6.44. The Kier molecular flexibility index (Phi) is 5.84. The number of carbonyl (C=O) groups is 3. The van der Waals surface area contributed by atoms with Crippen LogP contribution in [0.15, 0.2) is 12.7 Å². The van der Waals surface area contributed by atoms with Gasteiger partial charge in [0, 0.05) is 25.6 Å². The zero-order chi connectivity index (χ0) is 14.3. The maximum absolute atomic E-state index is 11.7. The second kappa shape index (κ2) is 7.40. The van der Waals surface area contributed by atoms with Crippen LogP contribution in [0.3, 0.4) is 0 Å². The maximum Gasteiger partial charge on any atom is 0.323 e. The summed E-state index contributed by atoms with van der Waals surface area (Å²) in [5.74, 6) is -1.19. The molecule has 0 heterocycles. The summed E-state index contributed by atoms with van der Waals surface area (Å²) in [7, 11) is 0. The topological polar surface area (TPSA) is 98.7 Å². The van der Waals surface area contributed by atoms with Crippen molar-refractivity contribution in [3.63, 3.8) is 0 Å². The summed E-state index contributed by atoms with van der Waals surface area (Å²) in [6, 6.07) is -0.214. The molecule has 1 saturated carbocycles. The first-order chi connectivity index (χ1) is 9.02. The van der Waals surface area contributed by atoms with Crippen LogP contribution in [0.2, 0.25) is 0 Å². The molecule has 0 aromatic carbocycles. The van der Waals surface area contributed by atoms with Crippen LogP contribution in [0.1, 0.15) is 19.3 Å². The van der Waals surface area contributed by atoms with Gasteiger partial charge in [-0.2, -0.15) is 0 Å². The Bertz CT molecular complexity index is 366. The quantitative estimate of drug-likeness (QED) is 0.537. The fourth-order valence-electron chi connectivity index (χ4n) is 1.46. The summed E-state index contributed by atoms with van der Waals surface area (Å²) in [4.78, 5) is 34.7. The van der Waals surface area contributed by atoms with E-state index in [1.165, 1.54) is 6.08 Å². The van der Waals surface area contributed by atoms with Gasteiger partial charge in [0.15, 0.2) is 0 Å². The first kappa shape index (κ1) is 15.0. The van der Waals surface area contributed by atoms with Gasteiger partial charge >= 0.3 is 12.0 Å². The first-order valence-electron chi connectivity index (χ1n) is 6.17. The molecule has 7 nitrogen and oxygen atoms in total. The number of carbonyl (C=O) groups excluding carboxylic acids is 2. The lowest BCUT2D eigenvalue weighted by Gasteiger charge is -2.19. The standard InChI is InChI=1S/C12H19N3O4/c1-2-7-15(8-11(17)18)12(19)13-6-5-10(16)14-9-3-4-9/h2,9H,1,3-8H2,(H,13,19)(H,14,16)(H,17,18). The molecule has 1 rings (SSSR count). The molecule has 3 N–H and O–H groups in total. The van der Waals surface area contributed by atoms with Crippen molar-refractivity contribution in [2.45, 2.75) is 25.3 Å². The normalized spacial score (nSPS) is 13.5. The molecular formula is C12H19N3O4. The van der Waals surface area contributed by atoms with Gasteiger partial charge in [0.2, 0.25) is 5.91 Å². The average Bonchev–Trinajstić information content (AvgIpc) is 3.11. The molecule has 0 radical (unpaired) electrons. The van der Waals surface area contributed by atoms with Crippen LogP contribution in [0.25, 0.3) is 0 Å². The Morgan fingerprint density at radius 1 is 1.37 bits per heavy atom. The smallest absolute Gasteiger partial charge is 0.323 e. The van der Waals surface area contributed by atoms with Crippen LogP contribution in [-0.4, -0.2) is 53.6 Å². The average molecular weight is 269 g/mol. The van der Waals surface area contributed by atoms with Crippen molar-refractivity contribution < 1.29 is 19.5 Å². The molecule has 106 valence electrons. The Labute approximate surface area is 111 Å². The number of rotatable bonds is 8. The van der Waals surface area contributed by atoms with Gasteiger partial charge in [-0.1, -0.05) is 6.08 Å². The number of nitrogens with zero attached hydrogens (tertiary/aromatic N) is 1. The summed E-state index contributed by atoms with van der Waals surface area (Å²) in [6.45, 7) is 3.39. The number of hydrogen-bond donors (Lipinski definition) is 3. The van der Waals surface area contributed by atoms with Crippen molar-refractivity contribution in [2.24, 2.45) is 0 Å². The molecule has 0 saturated heterocycles. The number of carboxylic acid groups (broad SMARTS) is 1. The van der Waals surface area contributed by atoms with Crippen molar-refractivity contribution in [1.82, 2.24) is 15.5 Å². The Balaban J connectivity index is 2.24. The van der Waals surface area contributed by atoms with Crippen LogP contribution < -0.4 is 10.6 Å². The van der Waals surface area contributed by atoms with E-state index in [1.54, 1.807) is 0 Å². The lowest BCUT2D eigenvalue weighted by molar-refractivity contribution is -0.137. The molecule has 1 fully saturated rings. The van der Waals surface area contributed by atoms with E-state index in [-0.39, 0.29) is 25.4 Å². The van der Waals surface area contributed by atoms with Crippen molar-refractivity contribution in [2.75, 3.05) is 19.6 Å². The van der Waals surface area contributed by atoms with Gasteiger partial charge in [-0.15, -0.1) is 6.58 Å². The second-order valence-electron chi connectivity index (χ2n) is 4.39. The molecule has 1 aliphatic rings. The predicted molar refractivity (Wildman–Crippen MR) is 68.6 cm³/mol. The molecule has 0 atom stereocenters. The van der Waals surface area contributed by atoms with E-state index in [1.807, 2.05) is 0 Å². The third-order valence-electron chi connectivity index (χ3n) is 2.53. The fourth-order valence-corrected chi connectivity index (χ4v) is 1.46. The summed E-state index contributed by atoms with van der Waals surface area (Å²) in [6.07, 6.45) is 3.67. The molecule has 19 heavy (non-hydrogen) atoms. The zero-order valence-electron chi connectivity index (χ0n) is 10.7. The molecule has 0 bridgehead atoms. The maximum atomic E-state index is 11.7. The molecule has 7 heteroatoms. The highest BCUT2D eigenvalue weighted by atomic mass is 16.4.